The average Bonchev–Trinajstić information content (AvgIpc) is 2.91. The first-order valence-corrected chi connectivity index (χ1v) is 13.9. The molecule has 202 valence electrons. The molecule has 1 atom stereocenters. The lowest BCUT2D eigenvalue weighted by atomic mass is 10.0. The molecular weight excluding hydrogens is 500 g/mol. The first kappa shape index (κ1) is 28.9. The molecule has 38 heavy (non-hydrogen) atoms. The summed E-state index contributed by atoms with van der Waals surface area (Å²) in [6, 6.07) is 24.9. The van der Waals surface area contributed by atoms with Gasteiger partial charge in [0.2, 0.25) is 11.8 Å². The number of carbonyl (C=O) groups excluding carboxylic acids is 2. The number of hydrogen-bond donors (Lipinski definition) is 1. The Morgan fingerprint density at radius 1 is 0.842 bits per heavy atom. The van der Waals surface area contributed by atoms with Crippen LogP contribution in [0, 0.1) is 6.92 Å². The fraction of sp³-hybridized carbons (Fsp3) is 0.310. The molecule has 0 saturated heterocycles. The van der Waals surface area contributed by atoms with Crippen molar-refractivity contribution in [3.8, 4) is 0 Å². The van der Waals surface area contributed by atoms with Crippen LogP contribution in [0.2, 0.25) is 0 Å². The van der Waals surface area contributed by atoms with Crippen LogP contribution in [0.15, 0.2) is 84.9 Å². The largest absolute Gasteiger partial charge is 0.355 e. The highest BCUT2D eigenvalue weighted by molar-refractivity contribution is 7.90. The second-order valence-electron chi connectivity index (χ2n) is 9.24. The van der Waals surface area contributed by atoms with Crippen molar-refractivity contribution in [3.05, 3.63) is 102 Å². The Kier molecular flexibility index (Phi) is 10.0. The van der Waals surface area contributed by atoms with E-state index in [0.29, 0.717) is 12.2 Å². The third kappa shape index (κ3) is 7.43. The Morgan fingerprint density at radius 3 is 1.97 bits per heavy atom. The quantitative estimate of drug-likeness (QED) is 0.384. The van der Waals surface area contributed by atoms with Crippen molar-refractivity contribution in [2.24, 2.45) is 0 Å². The van der Waals surface area contributed by atoms with Crippen LogP contribution in [0.5, 0.6) is 0 Å². The van der Waals surface area contributed by atoms with Gasteiger partial charge in [0, 0.05) is 33.6 Å². The third-order valence-corrected chi connectivity index (χ3v) is 7.98. The molecule has 0 aliphatic heterocycles. The van der Waals surface area contributed by atoms with E-state index in [0.717, 1.165) is 25.3 Å². The Morgan fingerprint density at radius 2 is 1.42 bits per heavy atom. The standard InChI is InChI=1S/C29H36N4O4S/c1-5-30-29(35)27(20-24-12-8-6-9-13-24)32(21-25-18-16-23(2)17-19-25)28(34)22-33(38(36,37)31(3)4)26-14-10-7-11-15-26/h6-19,27H,5,20-22H2,1-4H3,(H,30,35)/t27-/m1/s1. The first-order chi connectivity index (χ1) is 18.1. The SMILES string of the molecule is CCNC(=O)[C@@H](Cc1ccccc1)N(Cc1ccc(C)cc1)C(=O)CN(c1ccccc1)S(=O)(=O)N(C)C. The molecule has 0 spiro atoms. The summed E-state index contributed by atoms with van der Waals surface area (Å²) in [5.41, 5.74) is 3.17. The second-order valence-corrected chi connectivity index (χ2v) is 11.3. The maximum Gasteiger partial charge on any atom is 0.304 e. The molecule has 0 fully saturated rings. The molecule has 9 heteroatoms. The number of amides is 2. The number of nitrogens with zero attached hydrogens (tertiary/aromatic N) is 3. The van der Waals surface area contributed by atoms with E-state index in [9.17, 15) is 18.0 Å². The molecule has 0 bridgehead atoms. The molecule has 0 aromatic heterocycles. The minimum absolute atomic E-state index is 0.151. The smallest absolute Gasteiger partial charge is 0.304 e. The predicted molar refractivity (Wildman–Crippen MR) is 151 cm³/mol. The van der Waals surface area contributed by atoms with E-state index in [1.54, 1.807) is 30.3 Å². The zero-order valence-corrected chi connectivity index (χ0v) is 23.2. The highest BCUT2D eigenvalue weighted by Crippen LogP contribution is 2.21. The predicted octanol–water partition coefficient (Wildman–Crippen LogP) is 3.38. The molecule has 2 amide bonds. The lowest BCUT2D eigenvalue weighted by Crippen LogP contribution is -2.54. The van der Waals surface area contributed by atoms with Crippen molar-refractivity contribution >= 4 is 27.7 Å². The summed E-state index contributed by atoms with van der Waals surface area (Å²) in [6.45, 7) is 3.90. The Hall–Kier alpha value is -3.69. The van der Waals surface area contributed by atoms with Crippen molar-refractivity contribution < 1.29 is 18.0 Å². The summed E-state index contributed by atoms with van der Waals surface area (Å²) in [7, 11) is -1.15. The van der Waals surface area contributed by atoms with Crippen LogP contribution in [0.3, 0.4) is 0 Å². The average molecular weight is 537 g/mol. The van der Waals surface area contributed by atoms with E-state index in [-0.39, 0.29) is 18.9 Å². The molecule has 0 saturated carbocycles. The van der Waals surface area contributed by atoms with Gasteiger partial charge in [0.25, 0.3) is 0 Å². The van der Waals surface area contributed by atoms with Crippen LogP contribution in [0.25, 0.3) is 0 Å². The summed E-state index contributed by atoms with van der Waals surface area (Å²) >= 11 is 0. The number of likely N-dealkylation sites (N-methyl/N-ethyl adjacent to an activating group) is 1. The van der Waals surface area contributed by atoms with E-state index < -0.39 is 28.7 Å². The molecule has 3 rings (SSSR count). The maximum absolute atomic E-state index is 14.0. The summed E-state index contributed by atoms with van der Waals surface area (Å²) in [5.74, 6) is -0.773. The summed E-state index contributed by atoms with van der Waals surface area (Å²) in [5, 5.41) is 2.86. The van der Waals surface area contributed by atoms with Gasteiger partial charge in [0.05, 0.1) is 5.69 Å². The number of para-hydroxylation sites is 1. The van der Waals surface area contributed by atoms with E-state index in [1.807, 2.05) is 68.4 Å². The molecule has 0 unspecified atom stereocenters. The number of anilines is 1. The lowest BCUT2D eigenvalue weighted by Gasteiger charge is -2.34. The van der Waals surface area contributed by atoms with Crippen molar-refractivity contribution in [1.82, 2.24) is 14.5 Å². The highest BCUT2D eigenvalue weighted by Gasteiger charge is 2.34. The van der Waals surface area contributed by atoms with Gasteiger partial charge in [-0.05, 0) is 37.1 Å². The monoisotopic (exact) mass is 536 g/mol. The molecule has 1 N–H and O–H groups in total. The van der Waals surface area contributed by atoms with E-state index >= 15 is 0 Å². The van der Waals surface area contributed by atoms with Crippen LogP contribution in [-0.4, -0.2) is 62.7 Å². The van der Waals surface area contributed by atoms with E-state index in [4.69, 9.17) is 0 Å². The Bertz CT molecular complexity index is 1300. The molecular formula is C29H36N4O4S. The van der Waals surface area contributed by atoms with Gasteiger partial charge in [0.15, 0.2) is 0 Å². The number of hydrogen-bond acceptors (Lipinski definition) is 4. The molecule has 8 nitrogen and oxygen atoms in total. The van der Waals surface area contributed by atoms with Gasteiger partial charge in [-0.3, -0.25) is 9.59 Å². The minimum Gasteiger partial charge on any atom is -0.355 e. The van der Waals surface area contributed by atoms with Gasteiger partial charge in [-0.25, -0.2) is 4.31 Å². The van der Waals surface area contributed by atoms with Crippen LogP contribution < -0.4 is 9.62 Å². The molecule has 0 heterocycles. The second kappa shape index (κ2) is 13.2. The maximum atomic E-state index is 14.0. The van der Waals surface area contributed by atoms with Gasteiger partial charge in [-0.2, -0.15) is 12.7 Å². The number of benzene rings is 3. The van der Waals surface area contributed by atoms with Crippen LogP contribution in [0.1, 0.15) is 23.6 Å². The fourth-order valence-electron chi connectivity index (χ4n) is 4.05. The van der Waals surface area contributed by atoms with Gasteiger partial charge >= 0.3 is 10.2 Å². The normalized spacial score (nSPS) is 12.1. The van der Waals surface area contributed by atoms with Gasteiger partial charge in [-0.1, -0.05) is 78.4 Å². The third-order valence-electron chi connectivity index (χ3n) is 6.16. The zero-order chi connectivity index (χ0) is 27.7. The van der Waals surface area contributed by atoms with Gasteiger partial charge in [0.1, 0.15) is 12.6 Å². The van der Waals surface area contributed by atoms with Crippen molar-refractivity contribution in [3.63, 3.8) is 0 Å². The van der Waals surface area contributed by atoms with Crippen LogP contribution >= 0.6 is 0 Å². The number of nitrogens with one attached hydrogen (secondary N) is 1. The van der Waals surface area contributed by atoms with Crippen molar-refractivity contribution in [2.75, 3.05) is 31.5 Å². The molecule has 0 aliphatic rings. The zero-order valence-electron chi connectivity index (χ0n) is 22.4. The van der Waals surface area contributed by atoms with Crippen molar-refractivity contribution in [1.29, 1.82) is 0 Å². The fourth-order valence-corrected chi connectivity index (χ4v) is 5.10. The molecule has 3 aromatic rings. The summed E-state index contributed by atoms with van der Waals surface area (Å²) in [4.78, 5) is 28.9. The highest BCUT2D eigenvalue weighted by atomic mass is 32.2. The minimum atomic E-state index is -4.00. The van der Waals surface area contributed by atoms with E-state index in [2.05, 4.69) is 5.32 Å². The Balaban J connectivity index is 2.05. The van der Waals surface area contributed by atoms with Crippen molar-refractivity contribution in [2.45, 2.75) is 32.9 Å². The first-order valence-electron chi connectivity index (χ1n) is 12.6. The summed E-state index contributed by atoms with van der Waals surface area (Å²) in [6.07, 6.45) is 0.288. The van der Waals surface area contributed by atoms with Gasteiger partial charge < -0.3 is 10.2 Å². The van der Waals surface area contributed by atoms with Gasteiger partial charge in [-0.15, -0.1) is 0 Å². The molecule has 0 aliphatic carbocycles. The lowest BCUT2D eigenvalue weighted by molar-refractivity contribution is -0.140. The molecule has 3 aromatic carbocycles. The number of carbonyl (C=O) groups is 2. The Labute approximate surface area is 226 Å². The number of rotatable bonds is 12. The summed E-state index contributed by atoms with van der Waals surface area (Å²) < 4.78 is 28.7. The molecule has 0 radical (unpaired) electrons. The van der Waals surface area contributed by atoms with E-state index in [1.165, 1.54) is 19.0 Å². The number of aryl methyl sites for hydroxylation is 1. The van der Waals surface area contributed by atoms with Crippen LogP contribution in [-0.2, 0) is 32.8 Å². The topological polar surface area (TPSA) is 90.0 Å². The van der Waals surface area contributed by atoms with Crippen LogP contribution in [0.4, 0.5) is 5.69 Å².